The molecule has 0 bridgehead atoms. The number of morpholine rings is 1. The predicted octanol–water partition coefficient (Wildman–Crippen LogP) is 6.58. The van der Waals surface area contributed by atoms with Crippen molar-refractivity contribution in [3.63, 3.8) is 0 Å². The number of rotatable bonds is 9. The standard InChI is InChI=1S/C31H35ClF6N6O4/c1-19(23-7-5-6-8-24(23)32)43(10-9-39-28(46)48-29(2,3)4)27(45)25-26(42-11-13-47-14-12-42)44(41-40-25)18-20-15-21(30(33,34)35)17-22(16-20)31(36,37)38/h5-8,15-17,19H,9-14,18H2,1-4H3,(H,39,46). The van der Waals surface area contributed by atoms with Crippen LogP contribution < -0.4 is 10.2 Å². The summed E-state index contributed by atoms with van der Waals surface area (Å²) in [7, 11) is 0. The van der Waals surface area contributed by atoms with Crippen LogP contribution >= 0.6 is 11.6 Å². The largest absolute Gasteiger partial charge is 0.444 e. The Morgan fingerprint density at radius 3 is 2.19 bits per heavy atom. The van der Waals surface area contributed by atoms with E-state index in [1.807, 2.05) is 0 Å². The highest BCUT2D eigenvalue weighted by molar-refractivity contribution is 6.31. The quantitative estimate of drug-likeness (QED) is 0.251. The predicted molar refractivity (Wildman–Crippen MR) is 164 cm³/mol. The second kappa shape index (κ2) is 14.6. The van der Waals surface area contributed by atoms with Gasteiger partial charge >= 0.3 is 18.4 Å². The molecule has 4 rings (SSSR count). The molecule has 0 saturated carbocycles. The number of aromatic nitrogens is 3. The van der Waals surface area contributed by atoms with Gasteiger partial charge in [0, 0.05) is 31.2 Å². The third-order valence-corrected chi connectivity index (χ3v) is 7.65. The summed E-state index contributed by atoms with van der Waals surface area (Å²) in [6.07, 6.45) is -10.8. The normalized spacial score (nSPS) is 14.9. The van der Waals surface area contributed by atoms with E-state index in [9.17, 15) is 35.9 Å². The zero-order valence-electron chi connectivity index (χ0n) is 26.6. The van der Waals surface area contributed by atoms with Crippen molar-refractivity contribution in [3.05, 3.63) is 75.4 Å². The lowest BCUT2D eigenvalue weighted by Gasteiger charge is -2.32. The topological polar surface area (TPSA) is 102 Å². The molecule has 1 N–H and O–H groups in total. The summed E-state index contributed by atoms with van der Waals surface area (Å²) in [5.41, 5.74) is -3.69. The summed E-state index contributed by atoms with van der Waals surface area (Å²) in [6, 6.07) is 7.41. The highest BCUT2D eigenvalue weighted by Crippen LogP contribution is 2.37. The van der Waals surface area contributed by atoms with Gasteiger partial charge in [0.05, 0.1) is 36.9 Å². The molecule has 0 aliphatic carbocycles. The number of halogens is 7. The average Bonchev–Trinajstić information content (AvgIpc) is 3.41. The summed E-state index contributed by atoms with van der Waals surface area (Å²) in [5.74, 6) is -0.577. The van der Waals surface area contributed by atoms with Crippen LogP contribution in [0.4, 0.5) is 37.0 Å². The van der Waals surface area contributed by atoms with Crippen LogP contribution in [0, 0.1) is 0 Å². The summed E-state index contributed by atoms with van der Waals surface area (Å²) in [6.45, 7) is 7.11. The minimum atomic E-state index is -5.05. The molecule has 1 saturated heterocycles. The first-order valence-corrected chi connectivity index (χ1v) is 15.3. The molecule has 17 heteroatoms. The van der Waals surface area contributed by atoms with Crippen molar-refractivity contribution in [1.82, 2.24) is 25.2 Å². The number of alkyl halides is 6. The number of amides is 2. The van der Waals surface area contributed by atoms with Crippen LogP contribution in [0.3, 0.4) is 0 Å². The highest BCUT2D eigenvalue weighted by atomic mass is 35.5. The molecule has 262 valence electrons. The Morgan fingerprint density at radius 2 is 1.62 bits per heavy atom. The molecule has 48 heavy (non-hydrogen) atoms. The van der Waals surface area contributed by atoms with Crippen LogP contribution in [0.5, 0.6) is 0 Å². The van der Waals surface area contributed by atoms with Crippen LogP contribution in [0.25, 0.3) is 0 Å². The van der Waals surface area contributed by atoms with Crippen LogP contribution in [-0.4, -0.2) is 76.9 Å². The van der Waals surface area contributed by atoms with Crippen LogP contribution in [0.2, 0.25) is 5.02 Å². The smallest absolute Gasteiger partial charge is 0.416 e. The summed E-state index contributed by atoms with van der Waals surface area (Å²) < 4.78 is 93.4. The molecule has 10 nitrogen and oxygen atoms in total. The zero-order valence-corrected chi connectivity index (χ0v) is 27.3. The monoisotopic (exact) mass is 704 g/mol. The maximum Gasteiger partial charge on any atom is 0.416 e. The van der Waals surface area contributed by atoms with Crippen molar-refractivity contribution < 1.29 is 45.4 Å². The van der Waals surface area contributed by atoms with E-state index in [2.05, 4.69) is 15.6 Å². The number of nitrogens with one attached hydrogen (secondary N) is 1. The summed E-state index contributed by atoms with van der Waals surface area (Å²) >= 11 is 6.47. The lowest BCUT2D eigenvalue weighted by Crippen LogP contribution is -2.43. The van der Waals surface area contributed by atoms with Crippen LogP contribution in [0.15, 0.2) is 42.5 Å². The van der Waals surface area contributed by atoms with E-state index in [0.29, 0.717) is 22.7 Å². The Morgan fingerprint density at radius 1 is 1.02 bits per heavy atom. The number of carbonyl (C=O) groups is 2. The van der Waals surface area contributed by atoms with Crippen molar-refractivity contribution in [2.75, 3.05) is 44.3 Å². The van der Waals surface area contributed by atoms with Gasteiger partial charge in [0.2, 0.25) is 0 Å². The first-order chi connectivity index (χ1) is 22.3. The lowest BCUT2D eigenvalue weighted by atomic mass is 10.0. The number of alkyl carbamates (subject to hydrolysis) is 1. The van der Waals surface area contributed by atoms with Gasteiger partial charge in [-0.2, -0.15) is 26.3 Å². The molecule has 1 aliphatic rings. The first-order valence-electron chi connectivity index (χ1n) is 14.9. The summed E-state index contributed by atoms with van der Waals surface area (Å²) in [5, 5.41) is 11.1. The third kappa shape index (κ3) is 9.30. The highest BCUT2D eigenvalue weighted by Gasteiger charge is 2.38. The SMILES string of the molecule is CC(c1ccccc1Cl)N(CCNC(=O)OC(C)(C)C)C(=O)c1nnn(Cc2cc(C(F)(F)F)cc(C(F)(F)F)c2)c1N1CCOCC1. The van der Waals surface area contributed by atoms with E-state index in [1.165, 1.54) is 4.90 Å². The molecule has 1 aliphatic heterocycles. The number of hydrogen-bond donors (Lipinski definition) is 1. The van der Waals surface area contributed by atoms with Crippen molar-refractivity contribution in [3.8, 4) is 0 Å². The number of benzene rings is 2. The number of ether oxygens (including phenoxy) is 2. The fourth-order valence-corrected chi connectivity index (χ4v) is 5.40. The molecule has 0 radical (unpaired) electrons. The van der Waals surface area contributed by atoms with E-state index in [1.54, 1.807) is 56.9 Å². The van der Waals surface area contributed by atoms with E-state index >= 15 is 0 Å². The third-order valence-electron chi connectivity index (χ3n) is 7.31. The van der Waals surface area contributed by atoms with Crippen molar-refractivity contribution in [1.29, 1.82) is 0 Å². The molecule has 2 heterocycles. The Kier molecular flexibility index (Phi) is 11.2. The van der Waals surface area contributed by atoms with Crippen LogP contribution in [-0.2, 0) is 28.4 Å². The molecule has 1 atom stereocenters. The molecule has 0 spiro atoms. The van der Waals surface area contributed by atoms with E-state index in [4.69, 9.17) is 21.1 Å². The molecule has 3 aromatic rings. The molecular formula is C31H35ClF6N6O4. The number of carbonyl (C=O) groups excluding carboxylic acids is 2. The van der Waals surface area contributed by atoms with Gasteiger partial charge in [-0.1, -0.05) is 35.0 Å². The van der Waals surface area contributed by atoms with Gasteiger partial charge in [0.25, 0.3) is 5.91 Å². The first kappa shape index (κ1) is 36.8. The maximum atomic E-state index is 14.3. The number of anilines is 1. The van der Waals surface area contributed by atoms with Gasteiger partial charge in [0.15, 0.2) is 11.5 Å². The molecule has 1 aromatic heterocycles. The molecule has 1 unspecified atom stereocenters. The van der Waals surface area contributed by atoms with Gasteiger partial charge < -0.3 is 24.6 Å². The van der Waals surface area contributed by atoms with E-state index < -0.39 is 53.7 Å². The minimum absolute atomic E-state index is 0.0407. The van der Waals surface area contributed by atoms with Crippen LogP contribution in [0.1, 0.15) is 66.5 Å². The zero-order chi connectivity index (χ0) is 35.4. The second-order valence-corrected chi connectivity index (χ2v) is 12.5. The van der Waals surface area contributed by atoms with E-state index in [0.717, 1.165) is 4.68 Å². The van der Waals surface area contributed by atoms with Crippen molar-refractivity contribution in [2.24, 2.45) is 0 Å². The van der Waals surface area contributed by atoms with E-state index in [-0.39, 0.29) is 62.5 Å². The Bertz CT molecular complexity index is 1570. The molecule has 2 aromatic carbocycles. The van der Waals surface area contributed by atoms with Gasteiger partial charge in [-0.05, 0) is 63.1 Å². The average molecular weight is 705 g/mol. The minimum Gasteiger partial charge on any atom is -0.444 e. The Labute approximate surface area is 277 Å². The van der Waals surface area contributed by atoms with Crippen molar-refractivity contribution >= 4 is 29.4 Å². The summed E-state index contributed by atoms with van der Waals surface area (Å²) in [4.78, 5) is 29.8. The molecule has 2 amide bonds. The van der Waals surface area contributed by atoms with Gasteiger partial charge in [-0.3, -0.25) is 4.79 Å². The van der Waals surface area contributed by atoms with Gasteiger partial charge in [-0.15, -0.1) is 5.10 Å². The molecular weight excluding hydrogens is 670 g/mol. The fourth-order valence-electron chi connectivity index (χ4n) is 5.11. The van der Waals surface area contributed by atoms with Gasteiger partial charge in [0.1, 0.15) is 5.60 Å². The Balaban J connectivity index is 1.75. The fraction of sp³-hybridized carbons (Fsp3) is 0.484. The molecule has 1 fully saturated rings. The number of nitrogens with zero attached hydrogens (tertiary/aromatic N) is 5. The maximum absolute atomic E-state index is 14.3. The van der Waals surface area contributed by atoms with Gasteiger partial charge in [-0.25, -0.2) is 9.48 Å². The van der Waals surface area contributed by atoms with Crippen molar-refractivity contribution in [2.45, 2.75) is 58.2 Å². The number of hydrogen-bond acceptors (Lipinski definition) is 7. The second-order valence-electron chi connectivity index (χ2n) is 12.1. The Hall–Kier alpha value is -4.05. The lowest BCUT2D eigenvalue weighted by molar-refractivity contribution is -0.143.